The van der Waals surface area contributed by atoms with Crippen LogP contribution in [0.3, 0.4) is 0 Å². The third-order valence-electron chi connectivity index (χ3n) is 9.27. The van der Waals surface area contributed by atoms with Gasteiger partial charge in [-0.05, 0) is 31.3 Å². The lowest BCUT2D eigenvalue weighted by Crippen LogP contribution is -2.51. The van der Waals surface area contributed by atoms with Gasteiger partial charge in [-0.1, -0.05) is 36.4 Å². The monoisotopic (exact) mass is 645 g/mol. The normalized spacial score (nSPS) is 21.6. The summed E-state index contributed by atoms with van der Waals surface area (Å²) in [6.45, 7) is 7.54. The van der Waals surface area contributed by atoms with Crippen molar-refractivity contribution in [3.8, 4) is 12.1 Å². The van der Waals surface area contributed by atoms with E-state index in [9.17, 15) is 5.26 Å². The summed E-state index contributed by atoms with van der Waals surface area (Å²) < 4.78 is 23.3. The molecule has 3 aliphatic rings. The molecule has 1 aromatic heterocycles. The lowest BCUT2D eigenvalue weighted by molar-refractivity contribution is -0.0113. The number of ether oxygens (including phenoxy) is 4. The van der Waals surface area contributed by atoms with Gasteiger partial charge in [0.15, 0.2) is 0 Å². The number of rotatable bonds is 15. The van der Waals surface area contributed by atoms with Crippen LogP contribution in [0.4, 0.5) is 11.5 Å². The van der Waals surface area contributed by atoms with Crippen LogP contribution in [0.2, 0.25) is 0 Å². The van der Waals surface area contributed by atoms with Crippen LogP contribution in [0.5, 0.6) is 6.01 Å². The molecule has 6 rings (SSSR count). The zero-order valence-electron chi connectivity index (χ0n) is 27.4. The molecule has 3 atom stereocenters. The number of aromatic nitrogens is 2. The number of fused-ring (bicyclic) bond motifs is 2. The van der Waals surface area contributed by atoms with Crippen molar-refractivity contribution in [3.05, 3.63) is 53.7 Å². The minimum atomic E-state index is 0.0212. The molecule has 2 fully saturated rings. The number of likely N-dealkylation sites (N-methyl/N-ethyl adjacent to an activating group) is 1. The predicted octanol–water partition coefficient (Wildman–Crippen LogP) is 2.38. The molecule has 0 radical (unpaired) electrons. The van der Waals surface area contributed by atoms with E-state index in [2.05, 4.69) is 75.6 Å². The van der Waals surface area contributed by atoms with E-state index in [1.165, 1.54) is 22.0 Å². The summed E-state index contributed by atoms with van der Waals surface area (Å²) in [6.07, 6.45) is 2.26. The molecular weight excluding hydrogens is 598 g/mol. The van der Waals surface area contributed by atoms with Gasteiger partial charge in [0, 0.05) is 61.4 Å². The van der Waals surface area contributed by atoms with Crippen LogP contribution in [0.25, 0.3) is 10.8 Å². The van der Waals surface area contributed by atoms with Crippen molar-refractivity contribution in [1.82, 2.24) is 20.2 Å². The Morgan fingerprint density at radius 3 is 2.68 bits per heavy atom. The summed E-state index contributed by atoms with van der Waals surface area (Å²) in [4.78, 5) is 17.1. The van der Waals surface area contributed by atoms with E-state index in [0.29, 0.717) is 58.6 Å². The van der Waals surface area contributed by atoms with E-state index < -0.39 is 0 Å². The summed E-state index contributed by atoms with van der Waals surface area (Å²) in [7, 11) is 2.10. The lowest BCUT2D eigenvalue weighted by Gasteiger charge is -2.37. The molecular formula is C35H47N7O5. The lowest BCUT2D eigenvalue weighted by atomic mass is 10.0. The van der Waals surface area contributed by atoms with Gasteiger partial charge in [-0.25, -0.2) is 0 Å². The number of nitrogens with one attached hydrogen (secondary N) is 1. The molecule has 252 valence electrons. The molecule has 0 unspecified atom stereocenters. The highest BCUT2D eigenvalue weighted by Gasteiger charge is 2.32. The Kier molecular flexibility index (Phi) is 11.7. The van der Waals surface area contributed by atoms with E-state index in [4.69, 9.17) is 34.0 Å². The SMILES string of the molecule is CN1C[C@H](OCCOCCOCCO)C[C@H]1COc1nc2c(c(N3CCN[C@@H](CC#N)C3)n1)CCN(c1cccc3ccccc13)C2. The predicted molar refractivity (Wildman–Crippen MR) is 180 cm³/mol. The van der Waals surface area contributed by atoms with Gasteiger partial charge in [0.1, 0.15) is 12.4 Å². The Morgan fingerprint density at radius 2 is 1.81 bits per heavy atom. The second-order valence-electron chi connectivity index (χ2n) is 12.5. The average molecular weight is 646 g/mol. The maximum absolute atomic E-state index is 9.36. The molecule has 2 saturated heterocycles. The number of anilines is 2. The van der Waals surface area contributed by atoms with E-state index >= 15 is 0 Å². The van der Waals surface area contributed by atoms with E-state index in [1.54, 1.807) is 0 Å². The highest BCUT2D eigenvalue weighted by molar-refractivity contribution is 5.94. The molecule has 0 amide bonds. The molecule has 12 nitrogen and oxygen atoms in total. The molecule has 0 spiro atoms. The molecule has 3 aromatic rings. The van der Waals surface area contributed by atoms with Crippen molar-refractivity contribution in [3.63, 3.8) is 0 Å². The number of aliphatic hydroxyl groups is 1. The summed E-state index contributed by atoms with van der Waals surface area (Å²) in [5, 5.41) is 24.1. The van der Waals surface area contributed by atoms with Gasteiger partial charge in [0.05, 0.1) is 70.5 Å². The van der Waals surface area contributed by atoms with Crippen molar-refractivity contribution in [1.29, 1.82) is 5.26 Å². The Hall–Kier alpha value is -3.57. The zero-order chi connectivity index (χ0) is 32.4. The first-order valence-electron chi connectivity index (χ1n) is 16.8. The minimum absolute atomic E-state index is 0.0212. The summed E-state index contributed by atoms with van der Waals surface area (Å²) in [6, 6.07) is 18.0. The standard InChI is InChI=1S/C35H47N7O5/c1-40-23-29(46-20-19-45-18-17-44-16-15-43)21-28(40)25-47-35-38-32-24-41(33-8-4-6-26-5-2-3-7-30(26)33)13-10-31(32)34(39-35)42-14-12-37-27(22-42)9-11-36/h2-8,27-29,37,43H,9-10,12-25H2,1H3/t27-,28-,29+/m0/s1. The quantitative estimate of drug-likeness (QED) is 0.236. The third kappa shape index (κ3) is 8.48. The Balaban J connectivity index is 1.13. The van der Waals surface area contributed by atoms with Crippen molar-refractivity contribution >= 4 is 22.3 Å². The molecule has 2 N–H and O–H groups in total. The molecule has 4 heterocycles. The van der Waals surface area contributed by atoms with Crippen LogP contribution in [0, 0.1) is 11.3 Å². The number of nitrogens with zero attached hydrogens (tertiary/aromatic N) is 6. The molecule has 2 aromatic carbocycles. The Labute approximate surface area is 277 Å². The second kappa shape index (κ2) is 16.5. The summed E-state index contributed by atoms with van der Waals surface area (Å²) >= 11 is 0. The Bertz CT molecular complexity index is 1500. The maximum atomic E-state index is 9.36. The van der Waals surface area contributed by atoms with Gasteiger partial charge in [-0.2, -0.15) is 15.2 Å². The molecule has 0 saturated carbocycles. The number of benzene rings is 2. The first-order valence-corrected chi connectivity index (χ1v) is 16.8. The highest BCUT2D eigenvalue weighted by Crippen LogP contribution is 2.34. The van der Waals surface area contributed by atoms with Gasteiger partial charge in [-0.3, -0.25) is 4.90 Å². The number of likely N-dealkylation sites (tertiary alicyclic amines) is 1. The van der Waals surface area contributed by atoms with Crippen molar-refractivity contribution in [2.75, 3.05) is 95.8 Å². The number of nitriles is 1. The summed E-state index contributed by atoms with van der Waals surface area (Å²) in [5.74, 6) is 0.940. The van der Waals surface area contributed by atoms with Gasteiger partial charge in [0.2, 0.25) is 0 Å². The molecule has 0 bridgehead atoms. The van der Waals surface area contributed by atoms with Crippen LogP contribution in [0.15, 0.2) is 42.5 Å². The van der Waals surface area contributed by atoms with Crippen LogP contribution in [0.1, 0.15) is 24.1 Å². The zero-order valence-corrected chi connectivity index (χ0v) is 27.4. The third-order valence-corrected chi connectivity index (χ3v) is 9.27. The molecule has 12 heteroatoms. The van der Waals surface area contributed by atoms with E-state index in [-0.39, 0.29) is 24.8 Å². The fourth-order valence-electron chi connectivity index (χ4n) is 6.84. The number of aliphatic hydroxyl groups excluding tert-OH is 1. The minimum Gasteiger partial charge on any atom is -0.462 e. The van der Waals surface area contributed by atoms with Crippen molar-refractivity contribution in [2.45, 2.75) is 44.0 Å². The van der Waals surface area contributed by atoms with Gasteiger partial charge >= 0.3 is 6.01 Å². The van der Waals surface area contributed by atoms with Crippen LogP contribution < -0.4 is 19.9 Å². The Morgan fingerprint density at radius 1 is 0.979 bits per heavy atom. The maximum Gasteiger partial charge on any atom is 0.318 e. The van der Waals surface area contributed by atoms with E-state index in [1.807, 2.05) is 0 Å². The van der Waals surface area contributed by atoms with Gasteiger partial charge in [-0.15, -0.1) is 0 Å². The molecule has 3 aliphatic heterocycles. The van der Waals surface area contributed by atoms with Crippen molar-refractivity contribution in [2.24, 2.45) is 0 Å². The van der Waals surface area contributed by atoms with Crippen LogP contribution >= 0.6 is 0 Å². The molecule has 47 heavy (non-hydrogen) atoms. The number of hydrogen-bond donors (Lipinski definition) is 2. The van der Waals surface area contributed by atoms with Crippen LogP contribution in [-0.4, -0.2) is 124 Å². The fourth-order valence-corrected chi connectivity index (χ4v) is 6.84. The summed E-state index contributed by atoms with van der Waals surface area (Å²) in [5.41, 5.74) is 3.40. The largest absolute Gasteiger partial charge is 0.462 e. The van der Waals surface area contributed by atoms with Crippen LogP contribution in [-0.2, 0) is 27.2 Å². The first-order chi connectivity index (χ1) is 23.1. The van der Waals surface area contributed by atoms with Gasteiger partial charge in [0.25, 0.3) is 0 Å². The van der Waals surface area contributed by atoms with E-state index in [0.717, 1.165) is 57.1 Å². The first kappa shape index (κ1) is 33.3. The topological polar surface area (TPSA) is 128 Å². The smallest absolute Gasteiger partial charge is 0.318 e. The van der Waals surface area contributed by atoms with Gasteiger partial charge < -0.3 is 39.2 Å². The second-order valence-corrected chi connectivity index (χ2v) is 12.5. The highest BCUT2D eigenvalue weighted by atomic mass is 16.5. The number of hydrogen-bond acceptors (Lipinski definition) is 12. The van der Waals surface area contributed by atoms with Crippen molar-refractivity contribution < 1.29 is 24.1 Å². The number of piperazine rings is 1. The molecule has 0 aliphatic carbocycles. The fraction of sp³-hybridized carbons (Fsp3) is 0.571. The average Bonchev–Trinajstić information content (AvgIpc) is 3.46.